The van der Waals surface area contributed by atoms with Crippen LogP contribution in [0.4, 0.5) is 18.9 Å². The predicted molar refractivity (Wildman–Crippen MR) is 79.8 cm³/mol. The Balaban J connectivity index is 2.31. The van der Waals surface area contributed by atoms with Gasteiger partial charge in [-0.1, -0.05) is 24.6 Å². The highest BCUT2D eigenvalue weighted by atomic mass is 35.5. The van der Waals surface area contributed by atoms with Crippen LogP contribution in [-0.4, -0.2) is 24.8 Å². The van der Waals surface area contributed by atoms with E-state index in [2.05, 4.69) is 0 Å². The molecule has 1 aliphatic rings. The number of hydrogen-bond donors (Lipinski definition) is 1. The zero-order valence-electron chi connectivity index (χ0n) is 12.0. The first-order valence-corrected chi connectivity index (χ1v) is 7.55. The topological polar surface area (TPSA) is 29.3 Å². The Kier molecular flexibility index (Phi) is 5.04. The van der Waals surface area contributed by atoms with Crippen LogP contribution in [-0.2, 0) is 6.42 Å². The number of rotatable bonds is 6. The number of nitrogens with zero attached hydrogens (tertiary/aromatic N) is 1. The highest BCUT2D eigenvalue weighted by Gasteiger charge is 2.39. The van der Waals surface area contributed by atoms with Crippen LogP contribution >= 0.6 is 11.6 Å². The Bertz CT molecular complexity index is 486. The molecule has 0 heterocycles. The van der Waals surface area contributed by atoms with E-state index in [0.29, 0.717) is 17.1 Å². The summed E-state index contributed by atoms with van der Waals surface area (Å²) >= 11 is 5.99. The maximum atomic E-state index is 12.8. The minimum atomic E-state index is -4.23. The smallest absolute Gasteiger partial charge is 0.359 e. The fourth-order valence-electron chi connectivity index (χ4n) is 2.39. The Labute approximate surface area is 128 Å². The normalized spacial score (nSPS) is 16.9. The van der Waals surface area contributed by atoms with Crippen LogP contribution in [0.1, 0.15) is 31.7 Å². The zero-order valence-corrected chi connectivity index (χ0v) is 12.7. The quantitative estimate of drug-likeness (QED) is 0.853. The van der Waals surface area contributed by atoms with Gasteiger partial charge in [0.1, 0.15) is 6.54 Å². The van der Waals surface area contributed by atoms with Gasteiger partial charge in [-0.2, -0.15) is 13.2 Å². The molecule has 0 amide bonds. The maximum Gasteiger partial charge on any atom is 0.405 e. The molecule has 0 saturated heterocycles. The molecule has 1 aromatic carbocycles. The summed E-state index contributed by atoms with van der Waals surface area (Å²) in [7, 11) is 0. The van der Waals surface area contributed by atoms with Crippen molar-refractivity contribution in [2.24, 2.45) is 5.73 Å². The molecule has 1 unspecified atom stereocenters. The van der Waals surface area contributed by atoms with Crippen molar-refractivity contribution in [1.29, 1.82) is 0 Å². The lowest BCUT2D eigenvalue weighted by Crippen LogP contribution is -2.37. The fraction of sp³-hybridized carbons (Fsp3) is 0.600. The van der Waals surface area contributed by atoms with Crippen molar-refractivity contribution in [1.82, 2.24) is 0 Å². The summed E-state index contributed by atoms with van der Waals surface area (Å²) in [5.74, 6) is 0. The molecule has 0 spiro atoms. The van der Waals surface area contributed by atoms with E-state index in [4.69, 9.17) is 17.3 Å². The van der Waals surface area contributed by atoms with Crippen LogP contribution < -0.4 is 10.6 Å². The van der Waals surface area contributed by atoms with Crippen molar-refractivity contribution < 1.29 is 13.2 Å². The van der Waals surface area contributed by atoms with E-state index < -0.39 is 12.7 Å². The number of hydrogen-bond acceptors (Lipinski definition) is 2. The maximum absolute atomic E-state index is 12.8. The largest absolute Gasteiger partial charge is 0.405 e. The van der Waals surface area contributed by atoms with Crippen LogP contribution in [0.2, 0.25) is 5.02 Å². The van der Waals surface area contributed by atoms with Gasteiger partial charge in [-0.15, -0.1) is 0 Å². The van der Waals surface area contributed by atoms with Crippen LogP contribution in [0, 0.1) is 0 Å². The Hall–Kier alpha value is -0.940. The van der Waals surface area contributed by atoms with E-state index in [9.17, 15) is 13.2 Å². The summed E-state index contributed by atoms with van der Waals surface area (Å²) in [4.78, 5) is 1.43. The average Bonchev–Trinajstić information content (AvgIpc) is 3.21. The molecular formula is C15H20ClF3N2. The first kappa shape index (κ1) is 16.4. The van der Waals surface area contributed by atoms with E-state index >= 15 is 0 Å². The second-order valence-electron chi connectivity index (χ2n) is 5.62. The van der Waals surface area contributed by atoms with E-state index in [1.807, 2.05) is 6.92 Å². The van der Waals surface area contributed by atoms with E-state index in [1.165, 1.54) is 4.90 Å². The molecule has 0 aromatic heterocycles. The predicted octanol–water partition coefficient (Wildman–Crippen LogP) is 4.15. The summed E-state index contributed by atoms with van der Waals surface area (Å²) in [6.07, 6.45) is -1.30. The van der Waals surface area contributed by atoms with Gasteiger partial charge in [0, 0.05) is 22.8 Å². The second kappa shape index (κ2) is 6.44. The molecular weight excluding hydrogens is 301 g/mol. The molecule has 1 aliphatic carbocycles. The van der Waals surface area contributed by atoms with Gasteiger partial charge in [0.15, 0.2) is 0 Å². The molecule has 1 aromatic rings. The van der Waals surface area contributed by atoms with Gasteiger partial charge < -0.3 is 10.6 Å². The standard InChI is InChI=1S/C15H20ClF3N2/c1-2-12(20)7-10-3-4-11(16)8-14(10)21(13-5-6-13)9-15(17,18)19/h3-4,8,12-13H,2,5-7,9,20H2,1H3. The first-order valence-electron chi connectivity index (χ1n) is 7.17. The van der Waals surface area contributed by atoms with Crippen molar-refractivity contribution >= 4 is 17.3 Å². The first-order chi connectivity index (χ1) is 9.80. The lowest BCUT2D eigenvalue weighted by atomic mass is 10.0. The van der Waals surface area contributed by atoms with Gasteiger partial charge in [0.25, 0.3) is 0 Å². The van der Waals surface area contributed by atoms with Gasteiger partial charge in [0.05, 0.1) is 0 Å². The lowest BCUT2D eigenvalue weighted by molar-refractivity contribution is -0.120. The second-order valence-corrected chi connectivity index (χ2v) is 6.06. The molecule has 2 nitrogen and oxygen atoms in total. The van der Waals surface area contributed by atoms with Gasteiger partial charge in [-0.3, -0.25) is 0 Å². The highest BCUT2D eigenvalue weighted by molar-refractivity contribution is 6.30. The Morgan fingerprint density at radius 1 is 1.38 bits per heavy atom. The molecule has 1 atom stereocenters. The number of nitrogens with two attached hydrogens (primary N) is 1. The van der Waals surface area contributed by atoms with Gasteiger partial charge in [0.2, 0.25) is 0 Å². The molecule has 21 heavy (non-hydrogen) atoms. The summed E-state index contributed by atoms with van der Waals surface area (Å²) in [6, 6.07) is 5.03. The summed E-state index contributed by atoms with van der Waals surface area (Å²) in [5.41, 5.74) is 7.37. The molecule has 1 saturated carbocycles. The van der Waals surface area contributed by atoms with E-state index in [0.717, 1.165) is 24.8 Å². The molecule has 6 heteroatoms. The summed E-state index contributed by atoms with van der Waals surface area (Å²) < 4.78 is 38.5. The van der Waals surface area contributed by atoms with Crippen LogP contribution in [0.25, 0.3) is 0 Å². The molecule has 2 N–H and O–H groups in total. The summed E-state index contributed by atoms with van der Waals surface area (Å²) in [6.45, 7) is 1.03. The van der Waals surface area contributed by atoms with Crippen molar-refractivity contribution in [3.63, 3.8) is 0 Å². The van der Waals surface area contributed by atoms with Gasteiger partial charge in [-0.25, -0.2) is 0 Å². The number of benzene rings is 1. The van der Waals surface area contributed by atoms with Crippen LogP contribution in [0.5, 0.6) is 0 Å². The number of anilines is 1. The third kappa shape index (κ3) is 4.78. The number of alkyl halides is 3. The SMILES string of the molecule is CCC(N)Cc1ccc(Cl)cc1N(CC(F)(F)F)C1CC1. The molecule has 2 rings (SSSR count). The highest BCUT2D eigenvalue weighted by Crippen LogP contribution is 2.37. The van der Waals surface area contributed by atoms with Gasteiger partial charge in [-0.05, 0) is 43.4 Å². The minimum Gasteiger partial charge on any atom is -0.359 e. The fourth-order valence-corrected chi connectivity index (χ4v) is 2.56. The van der Waals surface area contributed by atoms with Crippen molar-refractivity contribution in [2.75, 3.05) is 11.4 Å². The van der Waals surface area contributed by atoms with Crippen LogP contribution in [0.3, 0.4) is 0 Å². The van der Waals surface area contributed by atoms with Crippen LogP contribution in [0.15, 0.2) is 18.2 Å². The Morgan fingerprint density at radius 3 is 2.57 bits per heavy atom. The molecule has 0 bridgehead atoms. The van der Waals surface area contributed by atoms with Gasteiger partial charge >= 0.3 is 6.18 Å². The number of halogens is 4. The average molecular weight is 321 g/mol. The molecule has 1 fully saturated rings. The van der Waals surface area contributed by atoms with Crippen molar-refractivity contribution in [3.8, 4) is 0 Å². The lowest BCUT2D eigenvalue weighted by Gasteiger charge is -2.29. The Morgan fingerprint density at radius 2 is 2.05 bits per heavy atom. The molecule has 0 aliphatic heterocycles. The van der Waals surface area contributed by atoms with E-state index in [-0.39, 0.29) is 12.1 Å². The third-order valence-corrected chi connectivity index (χ3v) is 3.94. The molecule has 118 valence electrons. The monoisotopic (exact) mass is 320 g/mol. The van der Waals surface area contributed by atoms with E-state index in [1.54, 1.807) is 18.2 Å². The summed E-state index contributed by atoms with van der Waals surface area (Å²) in [5, 5.41) is 0.451. The zero-order chi connectivity index (χ0) is 15.6. The van der Waals surface area contributed by atoms with Crippen molar-refractivity contribution in [3.05, 3.63) is 28.8 Å². The van der Waals surface area contributed by atoms with Crippen molar-refractivity contribution in [2.45, 2.75) is 50.9 Å². The molecule has 0 radical (unpaired) electrons. The third-order valence-electron chi connectivity index (χ3n) is 3.70. The minimum absolute atomic E-state index is 0.0401.